The molecule has 2 aliphatic heterocycles. The second-order valence-electron chi connectivity index (χ2n) is 9.12. The number of anilines is 2. The summed E-state index contributed by atoms with van der Waals surface area (Å²) >= 11 is 0. The molecule has 2 aliphatic rings. The molecule has 2 atom stereocenters. The first-order valence-electron chi connectivity index (χ1n) is 11.5. The molecule has 1 unspecified atom stereocenters. The summed E-state index contributed by atoms with van der Waals surface area (Å²) < 4.78 is 12.1. The van der Waals surface area contributed by atoms with E-state index in [1.165, 1.54) is 12.1 Å². The number of rotatable bonds is 6. The zero-order valence-corrected chi connectivity index (χ0v) is 20.3. The highest BCUT2D eigenvalue weighted by Crippen LogP contribution is 2.22. The van der Waals surface area contributed by atoms with Gasteiger partial charge in [-0.3, -0.25) is 18.7 Å². The summed E-state index contributed by atoms with van der Waals surface area (Å²) in [7, 11) is -2.22. The highest BCUT2D eigenvalue weighted by molar-refractivity contribution is 7.99. The number of phenolic OH excluding ortho intramolecular Hbond substituents is 1. The van der Waals surface area contributed by atoms with E-state index in [-0.39, 0.29) is 23.5 Å². The van der Waals surface area contributed by atoms with Gasteiger partial charge in [0.1, 0.15) is 5.75 Å². The Balaban J connectivity index is 1.23. The first kappa shape index (κ1) is 24.1. The Kier molecular flexibility index (Phi) is 7.13. The van der Waals surface area contributed by atoms with Gasteiger partial charge in [-0.15, -0.1) is 0 Å². The normalized spacial score (nSPS) is 20.7. The second-order valence-corrected chi connectivity index (χ2v) is 11.6. The number of likely N-dealkylation sites (tertiary alicyclic amines) is 1. The average molecular weight is 485 g/mol. The van der Waals surface area contributed by atoms with Crippen molar-refractivity contribution in [3.8, 4) is 5.75 Å². The van der Waals surface area contributed by atoms with Crippen LogP contribution in [0.4, 0.5) is 11.4 Å². The van der Waals surface area contributed by atoms with Crippen molar-refractivity contribution in [2.75, 3.05) is 62.3 Å². The molecule has 34 heavy (non-hydrogen) atoms. The van der Waals surface area contributed by atoms with Gasteiger partial charge in [-0.25, -0.2) is 0 Å². The lowest BCUT2D eigenvalue weighted by Gasteiger charge is -2.36. The van der Waals surface area contributed by atoms with Crippen molar-refractivity contribution in [1.29, 1.82) is 0 Å². The molecule has 0 aromatic heterocycles. The summed E-state index contributed by atoms with van der Waals surface area (Å²) in [4.78, 5) is 32.3. The van der Waals surface area contributed by atoms with Crippen LogP contribution in [0.1, 0.15) is 6.42 Å². The van der Waals surface area contributed by atoms with Crippen molar-refractivity contribution in [2.45, 2.75) is 11.3 Å². The molecule has 4 rings (SSSR count). The van der Waals surface area contributed by atoms with Gasteiger partial charge in [0.05, 0.1) is 12.5 Å². The molecule has 8 nitrogen and oxygen atoms in total. The molecule has 2 aromatic rings. The molecule has 2 saturated heterocycles. The molecule has 2 amide bonds. The molecule has 9 heteroatoms. The topological polar surface area (TPSA) is 93.2 Å². The fourth-order valence-electron chi connectivity index (χ4n) is 4.43. The first-order valence-corrected chi connectivity index (χ1v) is 13.6. The van der Waals surface area contributed by atoms with E-state index in [1.807, 2.05) is 29.2 Å². The standard InChI is InChI=1S/C25H32N4O4S/c1-34(2,33)23-9-5-21(6-10-23)28-13-15-29(16-14-28)24(31)18-27-12-11-19(17-27)25(32)26-20-3-7-22(30)8-4-20/h3-10,19,30H,1,11-18H2,2H3,(H,26,32)/t19-,34?/m0/s1. The highest BCUT2D eigenvalue weighted by atomic mass is 32.2. The number of nitrogens with zero attached hydrogens (tertiary/aromatic N) is 3. The Labute approximate surface area is 201 Å². The Morgan fingerprint density at radius 1 is 1.03 bits per heavy atom. The summed E-state index contributed by atoms with van der Waals surface area (Å²) in [6.07, 6.45) is 2.36. The SMILES string of the molecule is C=S(C)(=O)c1ccc(N2CCN(C(=O)CN3CC[C@H](C(=O)Nc4ccc(O)cc4)C3)CC2)cc1. The maximum atomic E-state index is 12.9. The number of aromatic hydroxyl groups is 1. The number of hydrogen-bond acceptors (Lipinski definition) is 6. The Bertz CT molecular complexity index is 1120. The Hall–Kier alpha value is -3.04. The molecule has 2 N–H and O–H groups in total. The van der Waals surface area contributed by atoms with E-state index < -0.39 is 9.52 Å². The molecule has 2 heterocycles. The minimum absolute atomic E-state index is 0.0574. The van der Waals surface area contributed by atoms with Crippen molar-refractivity contribution >= 4 is 38.6 Å². The first-order chi connectivity index (χ1) is 16.2. The van der Waals surface area contributed by atoms with E-state index in [4.69, 9.17) is 0 Å². The van der Waals surface area contributed by atoms with Crippen LogP contribution in [-0.4, -0.2) is 88.9 Å². The Morgan fingerprint density at radius 3 is 2.29 bits per heavy atom. The molecule has 2 aromatic carbocycles. The van der Waals surface area contributed by atoms with Gasteiger partial charge in [-0.1, -0.05) is 0 Å². The lowest BCUT2D eigenvalue weighted by Crippen LogP contribution is -2.51. The van der Waals surface area contributed by atoms with Crippen LogP contribution in [0.3, 0.4) is 0 Å². The van der Waals surface area contributed by atoms with Gasteiger partial charge in [0.15, 0.2) is 0 Å². The molecule has 2 fully saturated rings. The summed E-state index contributed by atoms with van der Waals surface area (Å²) in [6.45, 7) is 4.40. The van der Waals surface area contributed by atoms with Crippen molar-refractivity contribution < 1.29 is 18.9 Å². The quantitative estimate of drug-likeness (QED) is 0.479. The summed E-state index contributed by atoms with van der Waals surface area (Å²) in [5.41, 5.74) is 1.71. The van der Waals surface area contributed by atoms with E-state index in [2.05, 4.69) is 21.0 Å². The second kappa shape index (κ2) is 10.1. The van der Waals surface area contributed by atoms with Crippen LogP contribution in [0, 0.1) is 5.92 Å². The van der Waals surface area contributed by atoms with Crippen LogP contribution >= 0.6 is 0 Å². The Morgan fingerprint density at radius 2 is 1.68 bits per heavy atom. The number of benzene rings is 2. The zero-order chi connectivity index (χ0) is 24.3. The van der Waals surface area contributed by atoms with Crippen LogP contribution < -0.4 is 10.2 Å². The van der Waals surface area contributed by atoms with Gasteiger partial charge in [0.25, 0.3) is 0 Å². The van der Waals surface area contributed by atoms with Gasteiger partial charge in [-0.2, -0.15) is 0 Å². The number of hydrogen-bond donors (Lipinski definition) is 2. The predicted octanol–water partition coefficient (Wildman–Crippen LogP) is 1.71. The number of amides is 2. The van der Waals surface area contributed by atoms with Gasteiger partial charge in [0.2, 0.25) is 11.8 Å². The molecular formula is C25H32N4O4S. The zero-order valence-electron chi connectivity index (χ0n) is 19.5. The van der Waals surface area contributed by atoms with Crippen molar-refractivity contribution in [1.82, 2.24) is 9.80 Å². The summed E-state index contributed by atoms with van der Waals surface area (Å²) in [5.74, 6) is 3.76. The predicted molar refractivity (Wildman–Crippen MR) is 136 cm³/mol. The van der Waals surface area contributed by atoms with Crippen molar-refractivity contribution in [2.24, 2.45) is 5.92 Å². The molecule has 0 bridgehead atoms. The minimum Gasteiger partial charge on any atom is -0.508 e. The van der Waals surface area contributed by atoms with Crippen LogP contribution in [0.15, 0.2) is 53.4 Å². The smallest absolute Gasteiger partial charge is 0.236 e. The van der Waals surface area contributed by atoms with E-state index in [0.29, 0.717) is 31.9 Å². The number of carbonyl (C=O) groups excluding carboxylic acids is 2. The summed E-state index contributed by atoms with van der Waals surface area (Å²) in [5, 5.41) is 12.3. The number of carbonyl (C=O) groups is 2. The van der Waals surface area contributed by atoms with Gasteiger partial charge >= 0.3 is 0 Å². The molecule has 0 aliphatic carbocycles. The molecular weight excluding hydrogens is 452 g/mol. The van der Waals surface area contributed by atoms with E-state index in [0.717, 1.165) is 36.6 Å². The number of phenols is 1. The van der Waals surface area contributed by atoms with Crippen molar-refractivity contribution in [3.05, 3.63) is 48.5 Å². The largest absolute Gasteiger partial charge is 0.508 e. The molecule has 0 saturated carbocycles. The van der Waals surface area contributed by atoms with Crippen molar-refractivity contribution in [3.63, 3.8) is 0 Å². The molecule has 0 radical (unpaired) electrons. The highest BCUT2D eigenvalue weighted by Gasteiger charge is 2.31. The average Bonchev–Trinajstić information content (AvgIpc) is 3.29. The maximum absolute atomic E-state index is 12.9. The monoisotopic (exact) mass is 484 g/mol. The summed E-state index contributed by atoms with van der Waals surface area (Å²) in [6, 6.07) is 14.1. The fourth-order valence-corrected chi connectivity index (χ4v) is 5.14. The lowest BCUT2D eigenvalue weighted by atomic mass is 10.1. The third-order valence-electron chi connectivity index (χ3n) is 6.47. The van der Waals surface area contributed by atoms with Crippen LogP contribution in [0.5, 0.6) is 5.75 Å². The minimum atomic E-state index is -2.22. The molecule has 182 valence electrons. The van der Waals surface area contributed by atoms with Gasteiger partial charge in [-0.05, 0) is 76.9 Å². The molecule has 0 spiro atoms. The van der Waals surface area contributed by atoms with Crippen LogP contribution in [0.25, 0.3) is 0 Å². The third kappa shape index (κ3) is 5.90. The fraction of sp³-hybridized carbons (Fsp3) is 0.400. The van der Waals surface area contributed by atoms with E-state index in [1.54, 1.807) is 18.4 Å². The van der Waals surface area contributed by atoms with Gasteiger partial charge in [0, 0.05) is 55.2 Å². The van der Waals surface area contributed by atoms with Crippen LogP contribution in [0.2, 0.25) is 0 Å². The van der Waals surface area contributed by atoms with Gasteiger partial charge < -0.3 is 20.2 Å². The number of nitrogens with one attached hydrogen (secondary N) is 1. The van der Waals surface area contributed by atoms with E-state index >= 15 is 0 Å². The lowest BCUT2D eigenvalue weighted by molar-refractivity contribution is -0.132. The van der Waals surface area contributed by atoms with Crippen LogP contribution in [-0.2, 0) is 19.1 Å². The third-order valence-corrected chi connectivity index (χ3v) is 7.74. The maximum Gasteiger partial charge on any atom is 0.236 e. The van der Waals surface area contributed by atoms with E-state index in [9.17, 15) is 18.9 Å². The number of piperazine rings is 1.